The zero-order chi connectivity index (χ0) is 13.9. The Kier molecular flexibility index (Phi) is 4.44. The fraction of sp³-hybridized carbons (Fsp3) is 0.538. The first-order chi connectivity index (χ1) is 9.01. The normalized spacial score (nSPS) is 21.3. The maximum atomic E-state index is 12.3. The van der Waals surface area contributed by atoms with Crippen molar-refractivity contribution in [1.82, 2.24) is 4.31 Å². The van der Waals surface area contributed by atoms with Crippen molar-refractivity contribution < 1.29 is 8.42 Å². The highest BCUT2D eigenvalue weighted by molar-refractivity contribution is 7.90. The summed E-state index contributed by atoms with van der Waals surface area (Å²) in [6, 6.07) is 7.19. The fourth-order valence-corrected chi connectivity index (χ4v) is 3.71. The Morgan fingerprint density at radius 1 is 1.47 bits per heavy atom. The molecule has 0 radical (unpaired) electrons. The molecule has 1 fully saturated rings. The Bertz CT molecular complexity index is 530. The van der Waals surface area contributed by atoms with E-state index in [4.69, 9.17) is 5.73 Å². The van der Waals surface area contributed by atoms with Crippen LogP contribution in [0, 0.1) is 5.92 Å². The molecule has 0 aliphatic carbocycles. The molecule has 1 saturated heterocycles. The third-order valence-corrected chi connectivity index (χ3v) is 4.87. The molecular weight excluding hydrogens is 262 g/mol. The first kappa shape index (κ1) is 14.3. The molecule has 1 aromatic rings. The molecule has 0 saturated carbocycles. The van der Waals surface area contributed by atoms with Gasteiger partial charge in [0.05, 0.1) is 5.69 Å². The SMILES string of the molecule is CC1CCCN(S(=O)(=O)Nc2cccc(CN)c2)C1. The minimum absolute atomic E-state index is 0.399. The van der Waals surface area contributed by atoms with Crippen LogP contribution in [-0.2, 0) is 16.8 Å². The lowest BCUT2D eigenvalue weighted by molar-refractivity contribution is 0.282. The lowest BCUT2D eigenvalue weighted by atomic mass is 10.0. The number of benzene rings is 1. The molecule has 1 unspecified atom stereocenters. The summed E-state index contributed by atoms with van der Waals surface area (Å²) in [5.74, 6) is 0.417. The predicted octanol–water partition coefficient (Wildman–Crippen LogP) is 1.53. The van der Waals surface area contributed by atoms with Crippen molar-refractivity contribution in [2.45, 2.75) is 26.3 Å². The molecule has 2 rings (SSSR count). The van der Waals surface area contributed by atoms with Crippen molar-refractivity contribution in [1.29, 1.82) is 0 Å². The Labute approximate surface area is 115 Å². The predicted molar refractivity (Wildman–Crippen MR) is 76.8 cm³/mol. The van der Waals surface area contributed by atoms with E-state index in [2.05, 4.69) is 11.6 Å². The van der Waals surface area contributed by atoms with Gasteiger partial charge in [0.15, 0.2) is 0 Å². The second-order valence-corrected chi connectivity index (χ2v) is 6.79. The topological polar surface area (TPSA) is 75.4 Å². The van der Waals surface area contributed by atoms with E-state index in [1.54, 1.807) is 18.2 Å². The molecule has 0 spiro atoms. The van der Waals surface area contributed by atoms with E-state index in [9.17, 15) is 8.42 Å². The van der Waals surface area contributed by atoms with E-state index in [1.807, 2.05) is 6.07 Å². The van der Waals surface area contributed by atoms with Crippen LogP contribution < -0.4 is 10.5 Å². The molecule has 3 N–H and O–H groups in total. The summed E-state index contributed by atoms with van der Waals surface area (Å²) in [7, 11) is -3.45. The summed E-state index contributed by atoms with van der Waals surface area (Å²) in [5, 5.41) is 0. The van der Waals surface area contributed by atoms with Crippen LogP contribution in [0.4, 0.5) is 5.69 Å². The number of hydrogen-bond donors (Lipinski definition) is 2. The minimum Gasteiger partial charge on any atom is -0.326 e. The van der Waals surface area contributed by atoms with Gasteiger partial charge in [0.25, 0.3) is 0 Å². The zero-order valence-electron chi connectivity index (χ0n) is 11.2. The lowest BCUT2D eigenvalue weighted by Gasteiger charge is -2.30. The molecule has 0 aromatic heterocycles. The number of nitrogens with one attached hydrogen (secondary N) is 1. The Morgan fingerprint density at radius 3 is 2.95 bits per heavy atom. The third-order valence-electron chi connectivity index (χ3n) is 3.37. The van der Waals surface area contributed by atoms with Gasteiger partial charge in [0.2, 0.25) is 0 Å². The third kappa shape index (κ3) is 3.68. The van der Waals surface area contributed by atoms with E-state index < -0.39 is 10.2 Å². The van der Waals surface area contributed by atoms with Crippen LogP contribution in [-0.4, -0.2) is 25.8 Å². The van der Waals surface area contributed by atoms with Crippen molar-refractivity contribution >= 4 is 15.9 Å². The first-order valence-corrected chi connectivity index (χ1v) is 8.02. The van der Waals surface area contributed by atoms with Gasteiger partial charge in [-0.25, -0.2) is 0 Å². The van der Waals surface area contributed by atoms with Gasteiger partial charge >= 0.3 is 10.2 Å². The van der Waals surface area contributed by atoms with E-state index in [-0.39, 0.29) is 0 Å². The van der Waals surface area contributed by atoms with Crippen LogP contribution in [0.15, 0.2) is 24.3 Å². The van der Waals surface area contributed by atoms with Crippen LogP contribution in [0.25, 0.3) is 0 Å². The van der Waals surface area contributed by atoms with Crippen molar-refractivity contribution in [2.75, 3.05) is 17.8 Å². The van der Waals surface area contributed by atoms with E-state index in [1.165, 1.54) is 4.31 Å². The molecular formula is C13H21N3O2S. The smallest absolute Gasteiger partial charge is 0.301 e. The quantitative estimate of drug-likeness (QED) is 0.880. The lowest BCUT2D eigenvalue weighted by Crippen LogP contribution is -2.42. The van der Waals surface area contributed by atoms with Crippen LogP contribution in [0.2, 0.25) is 0 Å². The average Bonchev–Trinajstić information content (AvgIpc) is 2.38. The minimum atomic E-state index is -3.45. The van der Waals surface area contributed by atoms with Crippen LogP contribution in [0.3, 0.4) is 0 Å². The first-order valence-electron chi connectivity index (χ1n) is 6.58. The standard InChI is InChI=1S/C13H21N3O2S/c1-11-4-3-7-16(10-11)19(17,18)15-13-6-2-5-12(8-13)9-14/h2,5-6,8,11,15H,3-4,7,9-10,14H2,1H3. The molecule has 1 aliphatic heterocycles. The summed E-state index contributed by atoms with van der Waals surface area (Å²) >= 11 is 0. The second-order valence-electron chi connectivity index (χ2n) is 5.12. The van der Waals surface area contributed by atoms with Gasteiger partial charge in [-0.15, -0.1) is 0 Å². The van der Waals surface area contributed by atoms with Crippen molar-refractivity contribution in [3.63, 3.8) is 0 Å². The van der Waals surface area contributed by atoms with E-state index in [0.717, 1.165) is 18.4 Å². The second kappa shape index (κ2) is 5.90. The maximum Gasteiger partial charge on any atom is 0.301 e. The molecule has 1 heterocycles. The molecule has 5 nitrogen and oxygen atoms in total. The molecule has 1 atom stereocenters. The van der Waals surface area contributed by atoms with Crippen molar-refractivity contribution in [3.05, 3.63) is 29.8 Å². The van der Waals surface area contributed by atoms with Gasteiger partial charge in [0, 0.05) is 19.6 Å². The Morgan fingerprint density at radius 2 is 2.26 bits per heavy atom. The Balaban J connectivity index is 2.11. The van der Waals surface area contributed by atoms with Gasteiger partial charge in [-0.3, -0.25) is 4.72 Å². The molecule has 19 heavy (non-hydrogen) atoms. The average molecular weight is 283 g/mol. The molecule has 0 bridgehead atoms. The number of nitrogens with zero attached hydrogens (tertiary/aromatic N) is 1. The van der Waals surface area contributed by atoms with E-state index in [0.29, 0.717) is 31.2 Å². The van der Waals surface area contributed by atoms with Crippen molar-refractivity contribution in [2.24, 2.45) is 11.7 Å². The van der Waals surface area contributed by atoms with Gasteiger partial charge < -0.3 is 5.73 Å². The number of anilines is 1. The molecule has 0 amide bonds. The highest BCUT2D eigenvalue weighted by Crippen LogP contribution is 2.20. The summed E-state index contributed by atoms with van der Waals surface area (Å²) < 4.78 is 28.7. The number of hydrogen-bond acceptors (Lipinski definition) is 3. The monoisotopic (exact) mass is 283 g/mol. The highest BCUT2D eigenvalue weighted by Gasteiger charge is 2.26. The van der Waals surface area contributed by atoms with Crippen LogP contribution >= 0.6 is 0 Å². The maximum absolute atomic E-state index is 12.3. The van der Waals surface area contributed by atoms with E-state index >= 15 is 0 Å². The summed E-state index contributed by atoms with van der Waals surface area (Å²) in [5.41, 5.74) is 7.04. The number of nitrogens with two attached hydrogens (primary N) is 1. The van der Waals surface area contributed by atoms with Crippen molar-refractivity contribution in [3.8, 4) is 0 Å². The fourth-order valence-electron chi connectivity index (χ4n) is 2.34. The summed E-state index contributed by atoms with van der Waals surface area (Å²) in [6.45, 7) is 3.66. The van der Waals surface area contributed by atoms with Gasteiger partial charge in [-0.05, 0) is 36.5 Å². The van der Waals surface area contributed by atoms with Crippen LogP contribution in [0.5, 0.6) is 0 Å². The van der Waals surface area contributed by atoms with Crippen LogP contribution in [0.1, 0.15) is 25.3 Å². The summed E-state index contributed by atoms with van der Waals surface area (Å²) in [6.07, 6.45) is 2.01. The zero-order valence-corrected chi connectivity index (χ0v) is 12.0. The van der Waals surface area contributed by atoms with Gasteiger partial charge in [-0.1, -0.05) is 19.1 Å². The largest absolute Gasteiger partial charge is 0.326 e. The molecule has 106 valence electrons. The number of rotatable bonds is 4. The Hall–Kier alpha value is -1.11. The summed E-state index contributed by atoms with van der Waals surface area (Å²) in [4.78, 5) is 0. The van der Waals surface area contributed by atoms with Gasteiger partial charge in [0.1, 0.15) is 0 Å². The molecule has 6 heteroatoms. The molecule has 1 aromatic carbocycles. The van der Waals surface area contributed by atoms with Gasteiger partial charge in [-0.2, -0.15) is 12.7 Å². The molecule has 1 aliphatic rings. The highest BCUT2D eigenvalue weighted by atomic mass is 32.2. The number of piperidine rings is 1.